The van der Waals surface area contributed by atoms with Gasteiger partial charge in [0.1, 0.15) is 18.0 Å². The minimum atomic E-state index is -0.975. The topological polar surface area (TPSA) is 116 Å². The van der Waals surface area contributed by atoms with E-state index in [2.05, 4.69) is 13.8 Å². The number of ether oxygens (including phenoxy) is 3. The normalized spacial score (nSPS) is 43.6. The maximum absolute atomic E-state index is 13.6. The Balaban J connectivity index is 1.66. The van der Waals surface area contributed by atoms with Gasteiger partial charge in [0.05, 0.1) is 12.7 Å². The average Bonchev–Trinajstić information content (AvgIpc) is 3.09. The second-order valence-corrected chi connectivity index (χ2v) is 12.8. The Morgan fingerprint density at radius 2 is 1.73 bits per heavy atom. The number of rotatable bonds is 6. The molecule has 37 heavy (non-hydrogen) atoms. The fraction of sp³-hybridized carbons (Fsp3) is 0.862. The summed E-state index contributed by atoms with van der Waals surface area (Å²) in [6, 6.07) is 0. The van der Waals surface area contributed by atoms with Crippen LogP contribution in [0.4, 0.5) is 0 Å². The first kappa shape index (κ1) is 28.1. The Bertz CT molecular complexity index is 946. The van der Waals surface area contributed by atoms with Crippen LogP contribution >= 0.6 is 0 Å². The van der Waals surface area contributed by atoms with Gasteiger partial charge in [0.25, 0.3) is 0 Å². The number of methoxy groups -OCH3 is 1. The number of carbonyl (C=O) groups excluding carboxylic acids is 4. The van der Waals surface area contributed by atoms with Gasteiger partial charge in [-0.2, -0.15) is 0 Å². The number of hydrogen-bond acceptors (Lipinski definition) is 8. The predicted molar refractivity (Wildman–Crippen MR) is 134 cm³/mol. The number of fused-ring (bicyclic) bond motifs is 5. The molecule has 0 amide bonds. The Labute approximate surface area is 220 Å². The highest BCUT2D eigenvalue weighted by Gasteiger charge is 2.69. The molecule has 0 aromatic rings. The van der Waals surface area contributed by atoms with Gasteiger partial charge < -0.3 is 19.3 Å². The van der Waals surface area contributed by atoms with Crippen molar-refractivity contribution in [1.29, 1.82) is 0 Å². The van der Waals surface area contributed by atoms with Gasteiger partial charge in [0, 0.05) is 44.4 Å². The molecule has 4 fully saturated rings. The summed E-state index contributed by atoms with van der Waals surface area (Å²) in [6.07, 6.45) is 4.30. The third-order valence-corrected chi connectivity index (χ3v) is 11.0. The summed E-state index contributed by atoms with van der Waals surface area (Å²) in [6.45, 7) is 9.11. The lowest BCUT2D eigenvalue weighted by Gasteiger charge is -2.65. The molecule has 8 nitrogen and oxygen atoms in total. The molecule has 0 radical (unpaired) electrons. The van der Waals surface area contributed by atoms with Crippen molar-refractivity contribution in [3.63, 3.8) is 0 Å². The standard InChI is InChI=1S/C29H44O8/c1-16(7-8-25(33)35-6)26-23(32)13-22-20-10-12-29(34)15-19(36-17(2)30)9-11-27(29,4)21(20)14-24(28(22,26)5)37-18(3)31/h16,19-22,24,26,34H,7-15H2,1-6H3/t16-,19-,20-,21+,22+,24+,26+,27-,28-,29+/m1/s1. The highest BCUT2D eigenvalue weighted by molar-refractivity contribution is 5.85. The largest absolute Gasteiger partial charge is 0.469 e. The molecule has 1 N–H and O–H groups in total. The molecule has 0 unspecified atom stereocenters. The van der Waals surface area contributed by atoms with Gasteiger partial charge in [-0.3, -0.25) is 19.2 Å². The molecule has 4 saturated carbocycles. The highest BCUT2D eigenvalue weighted by atomic mass is 16.5. The molecule has 4 aliphatic carbocycles. The Kier molecular flexibility index (Phi) is 7.56. The van der Waals surface area contributed by atoms with E-state index in [1.54, 1.807) is 0 Å². The minimum Gasteiger partial charge on any atom is -0.469 e. The van der Waals surface area contributed by atoms with Crippen LogP contribution < -0.4 is 0 Å². The lowest BCUT2D eigenvalue weighted by Crippen LogP contribution is -2.65. The van der Waals surface area contributed by atoms with Gasteiger partial charge in [-0.05, 0) is 67.6 Å². The van der Waals surface area contributed by atoms with Crippen LogP contribution in [0.1, 0.15) is 92.4 Å². The summed E-state index contributed by atoms with van der Waals surface area (Å²) in [4.78, 5) is 49.4. The van der Waals surface area contributed by atoms with Crippen LogP contribution in [0.15, 0.2) is 0 Å². The van der Waals surface area contributed by atoms with Crippen molar-refractivity contribution in [1.82, 2.24) is 0 Å². The zero-order valence-electron chi connectivity index (χ0n) is 23.2. The smallest absolute Gasteiger partial charge is 0.305 e. The molecule has 0 heterocycles. The molecule has 4 aliphatic rings. The fourth-order valence-electron chi connectivity index (χ4n) is 9.25. The molecule has 0 aromatic carbocycles. The number of carbonyl (C=O) groups is 4. The summed E-state index contributed by atoms with van der Waals surface area (Å²) in [5.41, 5.74) is -1.93. The molecule has 0 bridgehead atoms. The number of ketones is 1. The average molecular weight is 521 g/mol. The van der Waals surface area contributed by atoms with Crippen molar-refractivity contribution in [2.24, 2.45) is 40.4 Å². The zero-order valence-corrected chi connectivity index (χ0v) is 23.2. The van der Waals surface area contributed by atoms with Crippen molar-refractivity contribution < 1.29 is 38.5 Å². The van der Waals surface area contributed by atoms with Crippen LogP contribution in [0.2, 0.25) is 0 Å². The van der Waals surface area contributed by atoms with E-state index >= 15 is 0 Å². The summed E-state index contributed by atoms with van der Waals surface area (Å²) < 4.78 is 16.4. The summed E-state index contributed by atoms with van der Waals surface area (Å²) in [7, 11) is 1.37. The molecule has 208 valence electrons. The van der Waals surface area contributed by atoms with Crippen LogP contribution in [0.25, 0.3) is 0 Å². The zero-order chi connectivity index (χ0) is 27.3. The molecule has 8 heteroatoms. The number of aliphatic hydroxyl groups is 1. The van der Waals surface area contributed by atoms with E-state index in [9.17, 15) is 24.3 Å². The van der Waals surface area contributed by atoms with Gasteiger partial charge >= 0.3 is 17.9 Å². The van der Waals surface area contributed by atoms with Crippen LogP contribution in [-0.2, 0) is 33.4 Å². The van der Waals surface area contributed by atoms with Crippen LogP contribution in [0.3, 0.4) is 0 Å². The van der Waals surface area contributed by atoms with Gasteiger partial charge in [0.15, 0.2) is 0 Å². The second-order valence-electron chi connectivity index (χ2n) is 12.8. The lowest BCUT2D eigenvalue weighted by atomic mass is 9.42. The van der Waals surface area contributed by atoms with Crippen LogP contribution in [0.5, 0.6) is 0 Å². The number of Topliss-reactive ketones (excluding diaryl/α,β-unsaturated/α-hetero) is 1. The number of esters is 3. The van der Waals surface area contributed by atoms with E-state index in [-0.39, 0.29) is 65.8 Å². The summed E-state index contributed by atoms with van der Waals surface area (Å²) in [5, 5.41) is 12.0. The SMILES string of the molecule is COC(=O)CC[C@@H](C)[C@H]1C(=O)C[C@H]2[C@@H]3CC[C@]4(O)C[C@H](OC(C)=O)CC[C@]4(C)[C@H]3C[C@H](OC(C)=O)[C@]12C. The minimum absolute atomic E-state index is 0.0428. The van der Waals surface area contributed by atoms with Crippen molar-refractivity contribution in [2.75, 3.05) is 7.11 Å². The van der Waals surface area contributed by atoms with E-state index in [1.807, 2.05) is 6.92 Å². The van der Waals surface area contributed by atoms with Crippen LogP contribution in [0, 0.1) is 40.4 Å². The molecule has 0 aromatic heterocycles. The third kappa shape index (κ3) is 4.61. The first-order chi connectivity index (χ1) is 17.3. The molecule has 0 aliphatic heterocycles. The Morgan fingerprint density at radius 3 is 2.35 bits per heavy atom. The van der Waals surface area contributed by atoms with E-state index in [1.165, 1.54) is 21.0 Å². The van der Waals surface area contributed by atoms with Crippen molar-refractivity contribution >= 4 is 23.7 Å². The molecular weight excluding hydrogens is 476 g/mol. The van der Waals surface area contributed by atoms with Gasteiger partial charge in [0.2, 0.25) is 0 Å². The predicted octanol–water partition coefficient (Wildman–Crippen LogP) is 4.00. The molecular formula is C29H44O8. The first-order valence-electron chi connectivity index (χ1n) is 13.9. The lowest BCUT2D eigenvalue weighted by molar-refractivity contribution is -0.242. The molecule has 0 spiro atoms. The monoisotopic (exact) mass is 520 g/mol. The summed E-state index contributed by atoms with van der Waals surface area (Å²) >= 11 is 0. The maximum atomic E-state index is 13.6. The molecule has 4 rings (SSSR count). The van der Waals surface area contributed by atoms with Gasteiger partial charge in [-0.1, -0.05) is 20.8 Å². The van der Waals surface area contributed by atoms with E-state index in [0.717, 1.165) is 6.42 Å². The molecule has 10 atom stereocenters. The highest BCUT2D eigenvalue weighted by Crippen LogP contribution is 2.69. The maximum Gasteiger partial charge on any atom is 0.305 e. The summed E-state index contributed by atoms with van der Waals surface area (Å²) in [5.74, 6) is -0.786. The number of hydrogen-bond donors (Lipinski definition) is 1. The van der Waals surface area contributed by atoms with Crippen molar-refractivity contribution in [2.45, 2.75) is 110 Å². The van der Waals surface area contributed by atoms with Gasteiger partial charge in [-0.25, -0.2) is 0 Å². The van der Waals surface area contributed by atoms with E-state index in [4.69, 9.17) is 14.2 Å². The first-order valence-corrected chi connectivity index (χ1v) is 13.9. The Morgan fingerprint density at radius 1 is 1.05 bits per heavy atom. The quantitative estimate of drug-likeness (QED) is 0.413. The van der Waals surface area contributed by atoms with E-state index in [0.29, 0.717) is 44.9 Å². The van der Waals surface area contributed by atoms with Crippen molar-refractivity contribution in [3.05, 3.63) is 0 Å². The van der Waals surface area contributed by atoms with Crippen molar-refractivity contribution in [3.8, 4) is 0 Å². The van der Waals surface area contributed by atoms with Gasteiger partial charge in [-0.15, -0.1) is 0 Å². The second kappa shape index (κ2) is 9.97. The van der Waals surface area contributed by atoms with E-state index < -0.39 is 22.5 Å². The fourth-order valence-corrected chi connectivity index (χ4v) is 9.25. The van der Waals surface area contributed by atoms with Crippen LogP contribution in [-0.4, -0.2) is 53.7 Å². The third-order valence-electron chi connectivity index (χ3n) is 11.0. The Hall–Kier alpha value is -1.96. The molecule has 0 saturated heterocycles.